The van der Waals surface area contributed by atoms with Crippen molar-refractivity contribution < 1.29 is 9.90 Å². The Labute approximate surface area is 99.5 Å². The normalized spacial score (nSPS) is 12.3. The van der Waals surface area contributed by atoms with Crippen LogP contribution >= 0.6 is 0 Å². The number of carboxylic acid groups (broad SMARTS) is 1. The van der Waals surface area contributed by atoms with E-state index >= 15 is 0 Å². The highest BCUT2D eigenvalue weighted by Crippen LogP contribution is 2.16. The van der Waals surface area contributed by atoms with Crippen LogP contribution in [-0.2, 0) is 6.54 Å². The van der Waals surface area contributed by atoms with Crippen LogP contribution in [0.1, 0.15) is 28.9 Å². The minimum absolute atomic E-state index is 0.0882. The number of hydrogen-bond donors (Lipinski definition) is 1. The smallest absolute Gasteiger partial charge is 0.356 e. The van der Waals surface area contributed by atoms with Crippen LogP contribution in [-0.4, -0.2) is 20.6 Å². The minimum Gasteiger partial charge on any atom is -0.476 e. The lowest BCUT2D eigenvalue weighted by atomic mass is 10.0. The van der Waals surface area contributed by atoms with Crippen molar-refractivity contribution in [2.45, 2.75) is 19.4 Å². The lowest BCUT2D eigenvalue weighted by Gasteiger charge is -2.11. The van der Waals surface area contributed by atoms with E-state index in [1.165, 1.54) is 5.56 Å². The number of imidazole rings is 1. The topological polar surface area (TPSA) is 55.1 Å². The maximum Gasteiger partial charge on any atom is 0.356 e. The molecular weight excluding hydrogens is 216 g/mol. The summed E-state index contributed by atoms with van der Waals surface area (Å²) >= 11 is 0. The Hall–Kier alpha value is -2.10. The Bertz CT molecular complexity index is 505. The minimum atomic E-state index is -0.990. The number of aromatic nitrogens is 2. The van der Waals surface area contributed by atoms with Gasteiger partial charge in [-0.3, -0.25) is 0 Å². The number of carbonyl (C=O) groups is 1. The SMILES string of the molecule is CC(Cn1cnc(C(=O)O)c1)c1ccccc1. The molecule has 2 aromatic rings. The molecule has 4 heteroatoms. The molecule has 4 nitrogen and oxygen atoms in total. The van der Waals surface area contributed by atoms with Crippen molar-refractivity contribution in [2.24, 2.45) is 0 Å². The highest BCUT2D eigenvalue weighted by molar-refractivity contribution is 5.84. The molecule has 1 N–H and O–H groups in total. The molecule has 0 bridgehead atoms. The second kappa shape index (κ2) is 4.82. The number of benzene rings is 1. The summed E-state index contributed by atoms with van der Waals surface area (Å²) < 4.78 is 1.81. The number of nitrogens with zero attached hydrogens (tertiary/aromatic N) is 2. The van der Waals surface area contributed by atoms with Gasteiger partial charge in [0.15, 0.2) is 5.69 Å². The van der Waals surface area contributed by atoms with Crippen LogP contribution < -0.4 is 0 Å². The Balaban J connectivity index is 2.08. The van der Waals surface area contributed by atoms with Crippen molar-refractivity contribution >= 4 is 5.97 Å². The number of carboxylic acids is 1. The summed E-state index contributed by atoms with van der Waals surface area (Å²) in [6.07, 6.45) is 3.12. The Morgan fingerprint density at radius 1 is 1.41 bits per heavy atom. The average molecular weight is 230 g/mol. The summed E-state index contributed by atoms with van der Waals surface area (Å²) in [7, 11) is 0. The first kappa shape index (κ1) is 11.4. The zero-order chi connectivity index (χ0) is 12.3. The van der Waals surface area contributed by atoms with Crippen LogP contribution in [0, 0.1) is 0 Å². The van der Waals surface area contributed by atoms with Gasteiger partial charge < -0.3 is 9.67 Å². The first-order chi connectivity index (χ1) is 8.16. The van der Waals surface area contributed by atoms with Crippen LogP contribution in [0.2, 0.25) is 0 Å². The van der Waals surface area contributed by atoms with Gasteiger partial charge in [0.1, 0.15) is 0 Å². The van der Waals surface area contributed by atoms with Crippen molar-refractivity contribution in [2.75, 3.05) is 0 Å². The van der Waals surface area contributed by atoms with Gasteiger partial charge in [-0.2, -0.15) is 0 Å². The van der Waals surface area contributed by atoms with Crippen molar-refractivity contribution in [1.29, 1.82) is 0 Å². The van der Waals surface area contributed by atoms with E-state index < -0.39 is 5.97 Å². The molecule has 1 unspecified atom stereocenters. The molecule has 0 saturated heterocycles. The van der Waals surface area contributed by atoms with Gasteiger partial charge in [0.25, 0.3) is 0 Å². The van der Waals surface area contributed by atoms with E-state index in [2.05, 4.69) is 24.0 Å². The van der Waals surface area contributed by atoms with Gasteiger partial charge in [-0.05, 0) is 11.5 Å². The molecule has 0 spiro atoms. The van der Waals surface area contributed by atoms with Gasteiger partial charge in [0.2, 0.25) is 0 Å². The number of aromatic carboxylic acids is 1. The Morgan fingerprint density at radius 2 is 2.12 bits per heavy atom. The first-order valence-electron chi connectivity index (χ1n) is 5.47. The second-order valence-corrected chi connectivity index (χ2v) is 4.07. The highest BCUT2D eigenvalue weighted by Gasteiger charge is 2.09. The molecule has 17 heavy (non-hydrogen) atoms. The van der Waals surface area contributed by atoms with Gasteiger partial charge >= 0.3 is 5.97 Å². The molecular formula is C13H14N2O2. The molecule has 1 heterocycles. The molecule has 0 aliphatic rings. The summed E-state index contributed by atoms with van der Waals surface area (Å²) in [5.41, 5.74) is 1.32. The summed E-state index contributed by atoms with van der Waals surface area (Å²) in [6, 6.07) is 10.1. The maximum absolute atomic E-state index is 10.7. The lowest BCUT2D eigenvalue weighted by Crippen LogP contribution is -2.04. The van der Waals surface area contributed by atoms with E-state index in [1.807, 2.05) is 18.2 Å². The summed E-state index contributed by atoms with van der Waals surface area (Å²) in [4.78, 5) is 14.5. The Morgan fingerprint density at radius 3 is 2.71 bits per heavy atom. The van der Waals surface area contributed by atoms with Gasteiger partial charge in [-0.1, -0.05) is 37.3 Å². The molecule has 0 aliphatic heterocycles. The molecule has 1 aromatic carbocycles. The largest absolute Gasteiger partial charge is 0.476 e. The van der Waals surface area contributed by atoms with Crippen molar-refractivity contribution in [3.63, 3.8) is 0 Å². The van der Waals surface area contributed by atoms with Crippen molar-refractivity contribution in [3.05, 3.63) is 54.1 Å². The van der Waals surface area contributed by atoms with Gasteiger partial charge in [0, 0.05) is 12.7 Å². The predicted octanol–water partition coefficient (Wildman–Crippen LogP) is 2.39. The maximum atomic E-state index is 10.7. The third kappa shape index (κ3) is 2.72. The highest BCUT2D eigenvalue weighted by atomic mass is 16.4. The monoisotopic (exact) mass is 230 g/mol. The molecule has 0 radical (unpaired) electrons. The summed E-state index contributed by atoms with van der Waals surface area (Å²) in [5.74, 6) is -0.664. The standard InChI is InChI=1S/C13H14N2O2/c1-10(11-5-3-2-4-6-11)7-15-8-12(13(16)17)14-9-15/h2-6,8-10H,7H2,1H3,(H,16,17). The number of hydrogen-bond acceptors (Lipinski definition) is 2. The zero-order valence-corrected chi connectivity index (χ0v) is 9.58. The summed E-state index contributed by atoms with van der Waals surface area (Å²) in [5, 5.41) is 8.77. The third-order valence-electron chi connectivity index (χ3n) is 2.71. The van der Waals surface area contributed by atoms with Crippen LogP contribution in [0.15, 0.2) is 42.9 Å². The molecule has 0 fully saturated rings. The van der Waals surface area contributed by atoms with E-state index in [-0.39, 0.29) is 5.69 Å². The molecule has 2 rings (SSSR count). The van der Waals surface area contributed by atoms with Crippen molar-refractivity contribution in [1.82, 2.24) is 9.55 Å². The fourth-order valence-electron chi connectivity index (χ4n) is 1.77. The first-order valence-corrected chi connectivity index (χ1v) is 5.47. The fourth-order valence-corrected chi connectivity index (χ4v) is 1.77. The van der Waals surface area contributed by atoms with Crippen LogP contribution in [0.25, 0.3) is 0 Å². The molecule has 88 valence electrons. The molecule has 0 saturated carbocycles. The van der Waals surface area contributed by atoms with Crippen LogP contribution in [0.5, 0.6) is 0 Å². The quantitative estimate of drug-likeness (QED) is 0.877. The third-order valence-corrected chi connectivity index (χ3v) is 2.71. The van der Waals surface area contributed by atoms with E-state index in [1.54, 1.807) is 17.1 Å². The number of rotatable bonds is 4. The van der Waals surface area contributed by atoms with E-state index in [9.17, 15) is 4.79 Å². The zero-order valence-electron chi connectivity index (χ0n) is 9.58. The van der Waals surface area contributed by atoms with Crippen molar-refractivity contribution in [3.8, 4) is 0 Å². The second-order valence-electron chi connectivity index (χ2n) is 4.07. The Kier molecular flexibility index (Phi) is 3.23. The fraction of sp³-hybridized carbons (Fsp3) is 0.231. The summed E-state index contributed by atoms with van der Waals surface area (Å²) in [6.45, 7) is 2.83. The predicted molar refractivity (Wildman–Crippen MR) is 64.0 cm³/mol. The molecule has 0 amide bonds. The molecule has 1 aromatic heterocycles. The van der Waals surface area contributed by atoms with E-state index in [4.69, 9.17) is 5.11 Å². The molecule has 0 aliphatic carbocycles. The lowest BCUT2D eigenvalue weighted by molar-refractivity contribution is 0.0691. The van der Waals surface area contributed by atoms with Crippen LogP contribution in [0.3, 0.4) is 0 Å². The van der Waals surface area contributed by atoms with Gasteiger partial charge in [0.05, 0.1) is 6.33 Å². The van der Waals surface area contributed by atoms with E-state index in [0.717, 1.165) is 6.54 Å². The van der Waals surface area contributed by atoms with Crippen LogP contribution in [0.4, 0.5) is 0 Å². The average Bonchev–Trinajstić information content (AvgIpc) is 2.79. The van der Waals surface area contributed by atoms with Gasteiger partial charge in [-0.25, -0.2) is 9.78 Å². The molecule has 1 atom stereocenters. The van der Waals surface area contributed by atoms with E-state index in [0.29, 0.717) is 5.92 Å². The van der Waals surface area contributed by atoms with Gasteiger partial charge in [-0.15, -0.1) is 0 Å².